The van der Waals surface area contributed by atoms with Crippen LogP contribution in [0.25, 0.3) is 11.2 Å². The van der Waals surface area contributed by atoms with Crippen molar-refractivity contribution in [3.05, 3.63) is 12.7 Å². The van der Waals surface area contributed by atoms with E-state index >= 15 is 0 Å². The Bertz CT molecular complexity index is 356. The molecule has 0 aliphatic rings. The van der Waals surface area contributed by atoms with Crippen molar-refractivity contribution in [2.24, 2.45) is 0 Å². The Hall–Kier alpha value is -0.851. The van der Waals surface area contributed by atoms with Crippen LogP contribution < -0.4 is 5.73 Å². The van der Waals surface area contributed by atoms with Gasteiger partial charge >= 0.3 is 0 Å². The molecule has 11 heavy (non-hydrogen) atoms. The zero-order chi connectivity index (χ0) is 6.97. The Balaban J connectivity index is 0.000000605. The number of rotatable bonds is 0. The standard InChI is InChI=1S/C5H5N5.Sn/c6-4-3-5(9-1-7-3)10-2-8-4;/h1-2H,(H3,6,7,8,9,10);. The topological polar surface area (TPSA) is 80.5 Å². The van der Waals surface area contributed by atoms with Gasteiger partial charge in [0.1, 0.15) is 11.8 Å². The van der Waals surface area contributed by atoms with Crippen LogP contribution in [0.5, 0.6) is 0 Å². The molecule has 0 bridgehead atoms. The third kappa shape index (κ3) is 1.28. The normalized spacial score (nSPS) is 9.45. The second-order valence-electron chi connectivity index (χ2n) is 1.86. The van der Waals surface area contributed by atoms with Gasteiger partial charge in [0.15, 0.2) is 11.5 Å². The Morgan fingerprint density at radius 3 is 2.82 bits per heavy atom. The Morgan fingerprint density at radius 2 is 2.09 bits per heavy atom. The van der Waals surface area contributed by atoms with Crippen LogP contribution in [0.1, 0.15) is 0 Å². The summed E-state index contributed by atoms with van der Waals surface area (Å²) in [5, 5.41) is 0. The van der Waals surface area contributed by atoms with Gasteiger partial charge in [-0.25, -0.2) is 15.0 Å². The van der Waals surface area contributed by atoms with Crippen LogP contribution in [-0.2, 0) is 0 Å². The summed E-state index contributed by atoms with van der Waals surface area (Å²) in [4.78, 5) is 14.4. The van der Waals surface area contributed by atoms with Gasteiger partial charge < -0.3 is 10.7 Å². The van der Waals surface area contributed by atoms with Gasteiger partial charge in [0.25, 0.3) is 0 Å². The van der Waals surface area contributed by atoms with E-state index in [1.54, 1.807) is 0 Å². The number of aromatic nitrogens is 4. The van der Waals surface area contributed by atoms with Crippen molar-refractivity contribution >= 4 is 40.9 Å². The molecule has 2 aromatic rings. The van der Waals surface area contributed by atoms with Crippen molar-refractivity contribution in [3.63, 3.8) is 0 Å². The second kappa shape index (κ2) is 3.03. The van der Waals surface area contributed by atoms with Gasteiger partial charge in [-0.2, -0.15) is 0 Å². The van der Waals surface area contributed by atoms with Gasteiger partial charge in [-0.05, 0) is 0 Å². The van der Waals surface area contributed by atoms with Gasteiger partial charge in [-0.3, -0.25) is 0 Å². The summed E-state index contributed by atoms with van der Waals surface area (Å²) < 4.78 is 0. The quantitative estimate of drug-likeness (QED) is 0.624. The molecule has 54 valence electrons. The van der Waals surface area contributed by atoms with E-state index in [9.17, 15) is 0 Å². The van der Waals surface area contributed by atoms with E-state index in [4.69, 9.17) is 5.73 Å². The zero-order valence-electron chi connectivity index (χ0n) is 5.57. The third-order valence-corrected chi connectivity index (χ3v) is 1.25. The molecule has 0 aromatic carbocycles. The minimum Gasteiger partial charge on any atom is -0.382 e. The van der Waals surface area contributed by atoms with Crippen molar-refractivity contribution in [1.29, 1.82) is 0 Å². The van der Waals surface area contributed by atoms with E-state index in [2.05, 4.69) is 19.9 Å². The average molecular weight is 254 g/mol. The minimum atomic E-state index is 0. The number of imidazole rings is 1. The van der Waals surface area contributed by atoms with Crippen LogP contribution in [0, 0.1) is 0 Å². The molecule has 0 unspecified atom stereocenters. The molecule has 0 fully saturated rings. The first-order valence-corrected chi connectivity index (χ1v) is 2.77. The molecule has 6 heteroatoms. The number of aromatic amines is 1. The molecule has 2 rings (SSSR count). The molecule has 4 radical (unpaired) electrons. The van der Waals surface area contributed by atoms with Crippen LogP contribution in [0.2, 0.25) is 0 Å². The molecule has 2 aromatic heterocycles. The third-order valence-electron chi connectivity index (χ3n) is 1.25. The van der Waals surface area contributed by atoms with Gasteiger partial charge in [0.2, 0.25) is 0 Å². The molecular formula is C5H5N5Sn. The molecule has 3 N–H and O–H groups in total. The number of nitrogens with two attached hydrogens (primary N) is 1. The smallest absolute Gasteiger partial charge is 0.182 e. The van der Waals surface area contributed by atoms with E-state index < -0.39 is 0 Å². The predicted octanol–water partition coefficient (Wildman–Crippen LogP) is -0.446. The Labute approximate surface area is 79.4 Å². The van der Waals surface area contributed by atoms with Crippen LogP contribution >= 0.6 is 0 Å². The van der Waals surface area contributed by atoms with Crippen molar-refractivity contribution in [3.8, 4) is 0 Å². The molecule has 0 spiro atoms. The number of hydrogen-bond donors (Lipinski definition) is 2. The summed E-state index contributed by atoms with van der Waals surface area (Å²) in [6, 6.07) is 0. The molecular weight excluding hydrogens is 249 g/mol. The summed E-state index contributed by atoms with van der Waals surface area (Å²) in [5.74, 6) is 0.433. The maximum absolute atomic E-state index is 5.48. The molecule has 2 heterocycles. The van der Waals surface area contributed by atoms with Crippen molar-refractivity contribution in [1.82, 2.24) is 19.9 Å². The Morgan fingerprint density at radius 1 is 1.27 bits per heavy atom. The largest absolute Gasteiger partial charge is 0.382 e. The first-order valence-electron chi connectivity index (χ1n) is 2.77. The van der Waals surface area contributed by atoms with Crippen molar-refractivity contribution < 1.29 is 0 Å². The van der Waals surface area contributed by atoms with E-state index in [1.165, 1.54) is 12.7 Å². The molecule has 0 amide bonds. The van der Waals surface area contributed by atoms with E-state index in [1.807, 2.05) is 0 Å². The average Bonchev–Trinajstić information content (AvgIpc) is 2.36. The van der Waals surface area contributed by atoms with E-state index in [-0.39, 0.29) is 23.9 Å². The fourth-order valence-electron chi connectivity index (χ4n) is 0.784. The fraction of sp³-hybridized carbons (Fsp3) is 0. The van der Waals surface area contributed by atoms with Gasteiger partial charge in [0, 0.05) is 23.9 Å². The predicted molar refractivity (Wildman–Crippen MR) is 41.9 cm³/mol. The molecule has 0 aliphatic carbocycles. The summed E-state index contributed by atoms with van der Waals surface area (Å²) >= 11 is 0. The molecule has 0 aliphatic heterocycles. The van der Waals surface area contributed by atoms with Crippen LogP contribution in [0.15, 0.2) is 12.7 Å². The number of nitrogens with one attached hydrogen (secondary N) is 1. The first-order chi connectivity index (χ1) is 4.88. The summed E-state index contributed by atoms with van der Waals surface area (Å²) in [7, 11) is 0. The van der Waals surface area contributed by atoms with Crippen LogP contribution in [-0.4, -0.2) is 43.8 Å². The second-order valence-corrected chi connectivity index (χ2v) is 1.86. The Kier molecular flexibility index (Phi) is 2.28. The summed E-state index contributed by atoms with van der Waals surface area (Å²) in [6.45, 7) is 0. The molecule has 0 atom stereocenters. The number of anilines is 1. The summed E-state index contributed by atoms with van der Waals surface area (Å²) in [6.07, 6.45) is 2.92. The van der Waals surface area contributed by atoms with E-state index in [0.29, 0.717) is 17.0 Å². The van der Waals surface area contributed by atoms with Crippen LogP contribution in [0.4, 0.5) is 5.82 Å². The summed E-state index contributed by atoms with van der Waals surface area (Å²) in [5.41, 5.74) is 6.78. The zero-order valence-corrected chi connectivity index (χ0v) is 8.43. The van der Waals surface area contributed by atoms with Gasteiger partial charge in [0.05, 0.1) is 6.33 Å². The number of hydrogen-bond acceptors (Lipinski definition) is 4. The van der Waals surface area contributed by atoms with Crippen molar-refractivity contribution in [2.45, 2.75) is 0 Å². The maximum atomic E-state index is 5.48. The van der Waals surface area contributed by atoms with E-state index in [0.717, 1.165) is 0 Å². The molecule has 0 saturated carbocycles. The van der Waals surface area contributed by atoms with Crippen LogP contribution in [0.3, 0.4) is 0 Å². The number of nitrogens with zero attached hydrogens (tertiary/aromatic N) is 3. The SMILES string of the molecule is Nc1ncnc2nc[nH]c12.[Sn]. The monoisotopic (exact) mass is 255 g/mol. The molecule has 0 saturated heterocycles. The number of nitrogen functional groups attached to an aromatic ring is 1. The van der Waals surface area contributed by atoms with Gasteiger partial charge in [-0.1, -0.05) is 0 Å². The van der Waals surface area contributed by atoms with Crippen molar-refractivity contribution in [2.75, 3.05) is 5.73 Å². The molecule has 5 nitrogen and oxygen atoms in total. The fourth-order valence-corrected chi connectivity index (χ4v) is 0.784. The number of H-pyrrole nitrogens is 1. The van der Waals surface area contributed by atoms with Gasteiger partial charge in [-0.15, -0.1) is 0 Å². The maximum Gasteiger partial charge on any atom is 0.182 e. The minimum absolute atomic E-state index is 0. The first kappa shape index (κ1) is 8.25. The number of fused-ring (bicyclic) bond motifs is 1.